The van der Waals surface area contributed by atoms with E-state index in [0.29, 0.717) is 24.2 Å². The molecule has 2 rings (SSSR count). The van der Waals surface area contributed by atoms with Gasteiger partial charge in [-0.3, -0.25) is 14.9 Å². The predicted molar refractivity (Wildman–Crippen MR) is 71.1 cm³/mol. The summed E-state index contributed by atoms with van der Waals surface area (Å²) in [5.41, 5.74) is 0.446. The van der Waals surface area contributed by atoms with Gasteiger partial charge in [0.25, 0.3) is 0 Å². The van der Waals surface area contributed by atoms with E-state index < -0.39 is 11.4 Å². The third-order valence-corrected chi connectivity index (χ3v) is 3.86. The molecular formula is C13H18N4O3. The molecule has 2 N–H and O–H groups in total. The highest BCUT2D eigenvalue weighted by Crippen LogP contribution is 2.41. The Morgan fingerprint density at radius 2 is 1.85 bits per heavy atom. The average Bonchev–Trinajstić information content (AvgIpc) is 2.83. The Morgan fingerprint density at radius 1 is 1.20 bits per heavy atom. The maximum Gasteiger partial charge on any atom is 0.310 e. The maximum absolute atomic E-state index is 12.0. The van der Waals surface area contributed by atoms with Crippen LogP contribution in [0.15, 0.2) is 0 Å². The van der Waals surface area contributed by atoms with Crippen LogP contribution in [0.2, 0.25) is 0 Å². The van der Waals surface area contributed by atoms with E-state index in [1.165, 1.54) is 0 Å². The molecule has 1 aromatic rings. The van der Waals surface area contributed by atoms with Crippen molar-refractivity contribution < 1.29 is 14.7 Å². The quantitative estimate of drug-likeness (QED) is 0.863. The second-order valence-electron chi connectivity index (χ2n) is 5.32. The molecule has 0 aliphatic heterocycles. The number of aliphatic carboxylic acids is 1. The normalized spacial score (nSPS) is 16.9. The average molecular weight is 278 g/mol. The number of hydrogen-bond donors (Lipinski definition) is 2. The fourth-order valence-electron chi connectivity index (χ4n) is 2.50. The Kier molecular flexibility index (Phi) is 3.96. The SMILES string of the molecule is Cc1nnc(NC(=O)CC2(C(=O)O)CCCC2)nc1C. The van der Waals surface area contributed by atoms with Gasteiger partial charge in [-0.25, -0.2) is 4.98 Å². The molecule has 0 saturated heterocycles. The largest absolute Gasteiger partial charge is 0.481 e. The van der Waals surface area contributed by atoms with E-state index in [2.05, 4.69) is 20.5 Å². The van der Waals surface area contributed by atoms with Crippen LogP contribution in [0.3, 0.4) is 0 Å². The Morgan fingerprint density at radius 3 is 2.40 bits per heavy atom. The number of carbonyl (C=O) groups excluding carboxylic acids is 1. The van der Waals surface area contributed by atoms with Crippen molar-refractivity contribution in [1.82, 2.24) is 15.2 Å². The first-order chi connectivity index (χ1) is 9.43. The molecule has 108 valence electrons. The number of nitrogens with one attached hydrogen (secondary N) is 1. The highest BCUT2D eigenvalue weighted by molar-refractivity contribution is 5.93. The zero-order chi connectivity index (χ0) is 14.8. The molecule has 1 fully saturated rings. The van der Waals surface area contributed by atoms with E-state index in [1.807, 2.05) is 0 Å². The Balaban J connectivity index is 2.04. The van der Waals surface area contributed by atoms with Gasteiger partial charge >= 0.3 is 5.97 Å². The van der Waals surface area contributed by atoms with Crippen LogP contribution in [0.1, 0.15) is 43.5 Å². The van der Waals surface area contributed by atoms with Gasteiger partial charge in [-0.2, -0.15) is 5.10 Å². The number of rotatable bonds is 4. The van der Waals surface area contributed by atoms with Gasteiger partial charge in [-0.05, 0) is 26.7 Å². The molecule has 1 saturated carbocycles. The van der Waals surface area contributed by atoms with Gasteiger partial charge in [0.1, 0.15) is 0 Å². The Hall–Kier alpha value is -2.05. The van der Waals surface area contributed by atoms with Crippen LogP contribution in [0.4, 0.5) is 5.95 Å². The van der Waals surface area contributed by atoms with Gasteiger partial charge in [0, 0.05) is 6.42 Å². The van der Waals surface area contributed by atoms with Gasteiger partial charge in [0.2, 0.25) is 11.9 Å². The van der Waals surface area contributed by atoms with Gasteiger partial charge in [-0.15, -0.1) is 5.10 Å². The Bertz CT molecular complexity index is 538. The van der Waals surface area contributed by atoms with Crippen molar-refractivity contribution in [2.75, 3.05) is 5.32 Å². The molecule has 7 nitrogen and oxygen atoms in total. The van der Waals surface area contributed by atoms with Crippen molar-refractivity contribution >= 4 is 17.8 Å². The summed E-state index contributed by atoms with van der Waals surface area (Å²) >= 11 is 0. The first-order valence-electron chi connectivity index (χ1n) is 6.64. The van der Waals surface area contributed by atoms with E-state index in [1.54, 1.807) is 13.8 Å². The topological polar surface area (TPSA) is 105 Å². The number of aromatic nitrogens is 3. The van der Waals surface area contributed by atoms with Crippen molar-refractivity contribution in [3.63, 3.8) is 0 Å². The van der Waals surface area contributed by atoms with Crippen molar-refractivity contribution in [3.8, 4) is 0 Å². The fraction of sp³-hybridized carbons (Fsp3) is 0.615. The minimum Gasteiger partial charge on any atom is -0.481 e. The van der Waals surface area contributed by atoms with Crippen LogP contribution in [-0.4, -0.2) is 32.2 Å². The summed E-state index contributed by atoms with van der Waals surface area (Å²) < 4.78 is 0. The number of carbonyl (C=O) groups is 2. The summed E-state index contributed by atoms with van der Waals surface area (Å²) in [5, 5.41) is 19.5. The number of carboxylic acids is 1. The third-order valence-electron chi connectivity index (χ3n) is 3.86. The third kappa shape index (κ3) is 2.92. The lowest BCUT2D eigenvalue weighted by Crippen LogP contribution is -2.33. The van der Waals surface area contributed by atoms with Crippen LogP contribution < -0.4 is 5.32 Å². The van der Waals surface area contributed by atoms with Crippen molar-refractivity contribution in [3.05, 3.63) is 11.4 Å². The lowest BCUT2D eigenvalue weighted by molar-refractivity contribution is -0.150. The molecule has 20 heavy (non-hydrogen) atoms. The van der Waals surface area contributed by atoms with Crippen LogP contribution >= 0.6 is 0 Å². The summed E-state index contributed by atoms with van der Waals surface area (Å²) in [6.07, 6.45) is 2.74. The number of hydrogen-bond acceptors (Lipinski definition) is 5. The van der Waals surface area contributed by atoms with Gasteiger partial charge in [0.15, 0.2) is 0 Å². The number of aryl methyl sites for hydroxylation is 2. The van der Waals surface area contributed by atoms with Crippen molar-refractivity contribution in [2.45, 2.75) is 46.0 Å². The highest BCUT2D eigenvalue weighted by atomic mass is 16.4. The van der Waals surface area contributed by atoms with E-state index in [0.717, 1.165) is 12.8 Å². The van der Waals surface area contributed by atoms with E-state index in [4.69, 9.17) is 0 Å². The summed E-state index contributed by atoms with van der Waals surface area (Å²) in [6.45, 7) is 3.55. The Labute approximate surface area is 116 Å². The molecule has 1 heterocycles. The number of carboxylic acid groups (broad SMARTS) is 1. The number of anilines is 1. The van der Waals surface area contributed by atoms with Crippen LogP contribution in [0.5, 0.6) is 0 Å². The fourth-order valence-corrected chi connectivity index (χ4v) is 2.50. The molecule has 0 bridgehead atoms. The second kappa shape index (κ2) is 5.52. The molecule has 1 aromatic heterocycles. The van der Waals surface area contributed by atoms with E-state index >= 15 is 0 Å². The second-order valence-corrected chi connectivity index (χ2v) is 5.32. The zero-order valence-electron chi connectivity index (χ0n) is 11.6. The van der Waals surface area contributed by atoms with Gasteiger partial charge in [0.05, 0.1) is 16.8 Å². The first kappa shape index (κ1) is 14.4. The van der Waals surface area contributed by atoms with Crippen molar-refractivity contribution in [1.29, 1.82) is 0 Å². The zero-order valence-corrected chi connectivity index (χ0v) is 11.6. The molecule has 0 unspecified atom stereocenters. The summed E-state index contributed by atoms with van der Waals surface area (Å²) in [7, 11) is 0. The molecule has 0 radical (unpaired) electrons. The smallest absolute Gasteiger partial charge is 0.310 e. The molecule has 1 amide bonds. The summed E-state index contributed by atoms with van der Waals surface area (Å²) in [4.78, 5) is 27.5. The van der Waals surface area contributed by atoms with E-state index in [9.17, 15) is 14.7 Å². The lowest BCUT2D eigenvalue weighted by atomic mass is 9.82. The minimum absolute atomic E-state index is 0.0430. The van der Waals surface area contributed by atoms with Gasteiger partial charge < -0.3 is 5.11 Å². The molecule has 1 aliphatic rings. The number of nitrogens with zero attached hydrogens (tertiary/aromatic N) is 3. The lowest BCUT2D eigenvalue weighted by Gasteiger charge is -2.22. The maximum atomic E-state index is 12.0. The molecular weight excluding hydrogens is 260 g/mol. The van der Waals surface area contributed by atoms with Crippen LogP contribution in [0, 0.1) is 19.3 Å². The first-order valence-corrected chi connectivity index (χ1v) is 6.64. The van der Waals surface area contributed by atoms with Crippen LogP contribution in [0.25, 0.3) is 0 Å². The van der Waals surface area contributed by atoms with E-state index in [-0.39, 0.29) is 18.3 Å². The predicted octanol–water partition coefficient (Wildman–Crippen LogP) is 1.46. The molecule has 0 atom stereocenters. The molecule has 1 aliphatic carbocycles. The number of amides is 1. The standard InChI is InChI=1S/C13H18N4O3/c1-8-9(2)16-17-12(14-8)15-10(18)7-13(11(19)20)5-3-4-6-13/h3-7H2,1-2H3,(H,19,20)(H,14,15,17,18). The highest BCUT2D eigenvalue weighted by Gasteiger charge is 2.43. The monoisotopic (exact) mass is 278 g/mol. The summed E-state index contributed by atoms with van der Waals surface area (Å²) in [6, 6.07) is 0. The van der Waals surface area contributed by atoms with Gasteiger partial charge in [-0.1, -0.05) is 12.8 Å². The summed E-state index contributed by atoms with van der Waals surface area (Å²) in [5.74, 6) is -1.15. The molecule has 0 aromatic carbocycles. The van der Waals surface area contributed by atoms with Crippen molar-refractivity contribution in [2.24, 2.45) is 5.41 Å². The van der Waals surface area contributed by atoms with Crippen LogP contribution in [-0.2, 0) is 9.59 Å². The minimum atomic E-state index is -0.933. The molecule has 7 heteroatoms. The molecule has 0 spiro atoms.